The lowest BCUT2D eigenvalue weighted by atomic mass is 9.88. The Labute approximate surface area is 68.3 Å². The number of benzene rings is 1. The molecule has 0 N–H and O–H groups in total. The van der Waals surface area contributed by atoms with Gasteiger partial charge >= 0.3 is 0 Å². The lowest BCUT2D eigenvalue weighted by molar-refractivity contribution is 1.21. The highest BCUT2D eigenvalue weighted by Gasteiger charge is 2.09. The predicted octanol–water partition coefficient (Wildman–Crippen LogP) is 1.44. The van der Waals surface area contributed by atoms with Crippen LogP contribution in [0.3, 0.4) is 0 Å². The minimum Gasteiger partial charge on any atom is -0.0926 e. The molecule has 11 heavy (non-hydrogen) atoms. The number of hydrogen-bond donors (Lipinski definition) is 0. The van der Waals surface area contributed by atoms with Gasteiger partial charge in [-0.05, 0) is 24.5 Å². The number of hydrogen-bond acceptors (Lipinski definition) is 0. The van der Waals surface area contributed by atoms with Crippen molar-refractivity contribution in [3.8, 4) is 0 Å². The third-order valence-corrected chi connectivity index (χ3v) is 2.11. The quantitative estimate of drug-likeness (QED) is 0.478. The molecule has 2 radical (unpaired) electrons. The average molecular weight is 140 g/mol. The molecule has 0 nitrogen and oxygen atoms in total. The first-order valence-electron chi connectivity index (χ1n) is 3.82. The fourth-order valence-electron chi connectivity index (χ4n) is 1.56. The maximum absolute atomic E-state index is 5.80. The van der Waals surface area contributed by atoms with Crippen molar-refractivity contribution in [2.24, 2.45) is 0 Å². The SMILES string of the molecule is [B]c1cccc2c1CC(C)=C2. The molecule has 1 aromatic carbocycles. The molecule has 0 atom stereocenters. The fourth-order valence-corrected chi connectivity index (χ4v) is 1.56. The average Bonchev–Trinajstić information content (AvgIpc) is 2.31. The predicted molar refractivity (Wildman–Crippen MR) is 49.2 cm³/mol. The van der Waals surface area contributed by atoms with Gasteiger partial charge in [0.25, 0.3) is 0 Å². The Bertz CT molecular complexity index is 324. The van der Waals surface area contributed by atoms with Crippen LogP contribution in [0.25, 0.3) is 6.08 Å². The van der Waals surface area contributed by atoms with Crippen molar-refractivity contribution >= 4 is 19.4 Å². The summed E-state index contributed by atoms with van der Waals surface area (Å²) in [5.41, 5.74) is 4.92. The van der Waals surface area contributed by atoms with E-state index in [1.807, 2.05) is 12.1 Å². The second-order valence-corrected chi connectivity index (χ2v) is 3.08. The number of allylic oxidation sites excluding steroid dienone is 1. The van der Waals surface area contributed by atoms with E-state index in [0.29, 0.717) is 0 Å². The van der Waals surface area contributed by atoms with Crippen molar-refractivity contribution in [3.05, 3.63) is 34.9 Å². The summed E-state index contributed by atoms with van der Waals surface area (Å²) >= 11 is 0. The van der Waals surface area contributed by atoms with Crippen molar-refractivity contribution in [1.82, 2.24) is 0 Å². The van der Waals surface area contributed by atoms with Crippen molar-refractivity contribution < 1.29 is 0 Å². The van der Waals surface area contributed by atoms with Gasteiger partial charge in [-0.2, -0.15) is 0 Å². The van der Waals surface area contributed by atoms with Gasteiger partial charge in [-0.1, -0.05) is 35.3 Å². The molecular formula is C10H9B. The van der Waals surface area contributed by atoms with Crippen LogP contribution in [0.2, 0.25) is 0 Å². The van der Waals surface area contributed by atoms with E-state index in [9.17, 15) is 0 Å². The van der Waals surface area contributed by atoms with Crippen LogP contribution in [-0.4, -0.2) is 7.85 Å². The Morgan fingerprint density at radius 2 is 2.18 bits per heavy atom. The van der Waals surface area contributed by atoms with E-state index in [2.05, 4.69) is 19.1 Å². The van der Waals surface area contributed by atoms with E-state index in [0.717, 1.165) is 11.9 Å². The molecule has 0 saturated carbocycles. The first kappa shape index (κ1) is 6.72. The van der Waals surface area contributed by atoms with Crippen molar-refractivity contribution in [3.63, 3.8) is 0 Å². The monoisotopic (exact) mass is 140 g/mol. The Morgan fingerprint density at radius 3 is 2.91 bits per heavy atom. The lowest BCUT2D eigenvalue weighted by Crippen LogP contribution is -2.09. The highest BCUT2D eigenvalue weighted by Crippen LogP contribution is 2.21. The van der Waals surface area contributed by atoms with E-state index in [-0.39, 0.29) is 0 Å². The van der Waals surface area contributed by atoms with Gasteiger partial charge in [0.05, 0.1) is 0 Å². The standard InChI is InChI=1S/C10H9B/c1-7-5-8-3-2-4-10(11)9(8)6-7/h2-5H,6H2,1H3. The van der Waals surface area contributed by atoms with Crippen LogP contribution in [0.15, 0.2) is 23.8 Å². The van der Waals surface area contributed by atoms with E-state index < -0.39 is 0 Å². The van der Waals surface area contributed by atoms with Crippen LogP contribution < -0.4 is 5.46 Å². The van der Waals surface area contributed by atoms with Gasteiger partial charge in [0, 0.05) is 0 Å². The summed E-state index contributed by atoms with van der Waals surface area (Å²) in [4.78, 5) is 0. The second-order valence-electron chi connectivity index (χ2n) is 3.08. The summed E-state index contributed by atoms with van der Waals surface area (Å²) in [5.74, 6) is 0. The molecule has 0 aliphatic heterocycles. The van der Waals surface area contributed by atoms with Crippen molar-refractivity contribution in [2.75, 3.05) is 0 Å². The highest BCUT2D eigenvalue weighted by atomic mass is 14.1. The summed E-state index contributed by atoms with van der Waals surface area (Å²) in [6.45, 7) is 2.14. The normalized spacial score (nSPS) is 14.5. The maximum Gasteiger partial charge on any atom is 0.114 e. The summed E-state index contributed by atoms with van der Waals surface area (Å²) in [5, 5.41) is 0. The van der Waals surface area contributed by atoms with Gasteiger partial charge in [0.2, 0.25) is 0 Å². The Kier molecular flexibility index (Phi) is 1.38. The van der Waals surface area contributed by atoms with Crippen LogP contribution in [0, 0.1) is 0 Å². The molecule has 0 saturated heterocycles. The Hall–Kier alpha value is -0.975. The van der Waals surface area contributed by atoms with Crippen LogP contribution >= 0.6 is 0 Å². The van der Waals surface area contributed by atoms with E-state index in [1.165, 1.54) is 16.7 Å². The van der Waals surface area contributed by atoms with Crippen LogP contribution in [0.1, 0.15) is 18.1 Å². The first-order chi connectivity index (χ1) is 5.27. The Morgan fingerprint density at radius 1 is 1.36 bits per heavy atom. The third kappa shape index (κ3) is 1.01. The minimum atomic E-state index is 0.926. The van der Waals surface area contributed by atoms with Gasteiger partial charge in [-0.25, -0.2) is 0 Å². The summed E-state index contributed by atoms with van der Waals surface area (Å²) in [6.07, 6.45) is 3.23. The molecule has 1 aliphatic carbocycles. The molecule has 0 bridgehead atoms. The number of fused-ring (bicyclic) bond motifs is 1. The number of rotatable bonds is 0. The van der Waals surface area contributed by atoms with Gasteiger partial charge in [-0.3, -0.25) is 0 Å². The zero-order chi connectivity index (χ0) is 7.84. The largest absolute Gasteiger partial charge is 0.114 e. The Balaban J connectivity index is 2.59. The minimum absolute atomic E-state index is 0.926. The van der Waals surface area contributed by atoms with Gasteiger partial charge < -0.3 is 0 Å². The molecular weight excluding hydrogens is 131 g/mol. The molecule has 2 rings (SSSR count). The fraction of sp³-hybridized carbons (Fsp3) is 0.200. The topological polar surface area (TPSA) is 0 Å². The molecule has 0 unspecified atom stereocenters. The summed E-state index contributed by atoms with van der Waals surface area (Å²) in [6, 6.07) is 6.08. The van der Waals surface area contributed by atoms with Crippen LogP contribution in [0.5, 0.6) is 0 Å². The first-order valence-corrected chi connectivity index (χ1v) is 3.82. The smallest absolute Gasteiger partial charge is 0.0926 e. The van der Waals surface area contributed by atoms with E-state index in [1.54, 1.807) is 0 Å². The maximum atomic E-state index is 5.80. The molecule has 1 heteroatoms. The molecule has 0 aromatic heterocycles. The third-order valence-electron chi connectivity index (χ3n) is 2.11. The van der Waals surface area contributed by atoms with Crippen LogP contribution in [-0.2, 0) is 6.42 Å². The van der Waals surface area contributed by atoms with Gasteiger partial charge in [0.15, 0.2) is 0 Å². The van der Waals surface area contributed by atoms with Crippen molar-refractivity contribution in [1.29, 1.82) is 0 Å². The highest BCUT2D eigenvalue weighted by molar-refractivity contribution is 6.33. The summed E-state index contributed by atoms with van der Waals surface area (Å²) < 4.78 is 0. The van der Waals surface area contributed by atoms with Gasteiger partial charge in [0.1, 0.15) is 7.85 Å². The molecule has 1 aliphatic rings. The zero-order valence-corrected chi connectivity index (χ0v) is 6.59. The zero-order valence-electron chi connectivity index (χ0n) is 6.59. The molecule has 0 fully saturated rings. The molecule has 0 amide bonds. The molecule has 0 heterocycles. The van der Waals surface area contributed by atoms with E-state index in [4.69, 9.17) is 7.85 Å². The molecule has 52 valence electrons. The van der Waals surface area contributed by atoms with Gasteiger partial charge in [-0.15, -0.1) is 0 Å². The van der Waals surface area contributed by atoms with Crippen LogP contribution in [0.4, 0.5) is 0 Å². The lowest BCUT2D eigenvalue weighted by Gasteiger charge is -2.02. The summed E-state index contributed by atoms with van der Waals surface area (Å²) in [7, 11) is 5.80. The second kappa shape index (κ2) is 2.26. The van der Waals surface area contributed by atoms with Crippen molar-refractivity contribution in [2.45, 2.75) is 13.3 Å². The van der Waals surface area contributed by atoms with E-state index >= 15 is 0 Å². The molecule has 1 aromatic rings. The molecule has 0 spiro atoms.